The zero-order chi connectivity index (χ0) is 12.8. The van der Waals surface area contributed by atoms with E-state index in [4.69, 9.17) is 10.00 Å². The van der Waals surface area contributed by atoms with Gasteiger partial charge in [-0.25, -0.2) is 0 Å². The van der Waals surface area contributed by atoms with Gasteiger partial charge in [-0.15, -0.1) is 0 Å². The average Bonchev–Trinajstić information content (AvgIpc) is 2.38. The molecule has 0 aliphatic carbocycles. The Morgan fingerprint density at radius 1 is 1.41 bits per heavy atom. The normalized spacial score (nSPS) is 9.53. The summed E-state index contributed by atoms with van der Waals surface area (Å²) in [5, 5.41) is 9.09. The monoisotopic (exact) mass is 233 g/mol. The number of aryl methyl sites for hydroxylation is 1. The van der Waals surface area contributed by atoms with Crippen molar-refractivity contribution in [2.24, 2.45) is 0 Å². The molecule has 4 heteroatoms. The van der Waals surface area contributed by atoms with Crippen LogP contribution in [0.2, 0.25) is 0 Å². The van der Waals surface area contributed by atoms with Crippen molar-refractivity contribution in [2.45, 2.75) is 19.8 Å². The van der Waals surface area contributed by atoms with E-state index in [1.807, 2.05) is 13.0 Å². The highest BCUT2D eigenvalue weighted by molar-refractivity contribution is 5.75. The first-order chi connectivity index (χ1) is 8.15. The third-order valence-corrected chi connectivity index (χ3v) is 2.57. The van der Waals surface area contributed by atoms with E-state index in [9.17, 15) is 4.79 Å². The van der Waals surface area contributed by atoms with Crippen LogP contribution < -0.4 is 4.74 Å². The van der Waals surface area contributed by atoms with Crippen LogP contribution in [0.1, 0.15) is 23.6 Å². The van der Waals surface area contributed by atoms with Crippen molar-refractivity contribution in [3.63, 3.8) is 0 Å². The van der Waals surface area contributed by atoms with Crippen molar-refractivity contribution in [3.05, 3.63) is 28.8 Å². The minimum atomic E-state index is -0.385. The van der Waals surface area contributed by atoms with Crippen LogP contribution in [0.4, 0.5) is 0 Å². The van der Waals surface area contributed by atoms with Crippen molar-refractivity contribution in [3.8, 4) is 11.8 Å². The van der Waals surface area contributed by atoms with Crippen LogP contribution in [-0.2, 0) is 22.4 Å². The SMILES string of the molecule is CCc1cc(C#N)c(CC(=O)OC)c(OC)c1. The van der Waals surface area contributed by atoms with Gasteiger partial charge in [0, 0.05) is 5.56 Å². The molecule has 0 saturated heterocycles. The van der Waals surface area contributed by atoms with Gasteiger partial charge < -0.3 is 9.47 Å². The van der Waals surface area contributed by atoms with E-state index < -0.39 is 0 Å². The third kappa shape index (κ3) is 2.97. The fourth-order valence-electron chi connectivity index (χ4n) is 1.59. The number of hydrogen-bond acceptors (Lipinski definition) is 4. The quantitative estimate of drug-likeness (QED) is 0.744. The average molecular weight is 233 g/mol. The molecule has 90 valence electrons. The van der Waals surface area contributed by atoms with Crippen LogP contribution in [0.3, 0.4) is 0 Å². The molecule has 1 aromatic carbocycles. The second-order valence-corrected chi connectivity index (χ2v) is 3.54. The summed E-state index contributed by atoms with van der Waals surface area (Å²) in [5.41, 5.74) is 2.05. The van der Waals surface area contributed by atoms with Crippen LogP contribution in [0.15, 0.2) is 12.1 Å². The van der Waals surface area contributed by atoms with Crippen LogP contribution >= 0.6 is 0 Å². The number of esters is 1. The maximum atomic E-state index is 11.3. The number of benzene rings is 1. The Labute approximate surface area is 101 Å². The van der Waals surface area contributed by atoms with E-state index in [1.165, 1.54) is 14.2 Å². The van der Waals surface area contributed by atoms with Gasteiger partial charge in [0.2, 0.25) is 0 Å². The predicted octanol–water partition coefficient (Wildman–Crippen LogP) is 1.84. The molecule has 0 bridgehead atoms. The molecule has 0 radical (unpaired) electrons. The molecule has 0 unspecified atom stereocenters. The van der Waals surface area contributed by atoms with Crippen LogP contribution in [-0.4, -0.2) is 20.2 Å². The molecule has 0 fully saturated rings. The van der Waals surface area contributed by atoms with E-state index in [2.05, 4.69) is 10.8 Å². The molecular formula is C13H15NO3. The third-order valence-electron chi connectivity index (χ3n) is 2.57. The number of carbonyl (C=O) groups is 1. The highest BCUT2D eigenvalue weighted by Crippen LogP contribution is 2.25. The zero-order valence-electron chi connectivity index (χ0n) is 10.2. The van der Waals surface area contributed by atoms with Gasteiger partial charge in [-0.1, -0.05) is 6.92 Å². The summed E-state index contributed by atoms with van der Waals surface area (Å²) < 4.78 is 9.82. The van der Waals surface area contributed by atoms with Gasteiger partial charge in [0.05, 0.1) is 32.3 Å². The summed E-state index contributed by atoms with van der Waals surface area (Å²) >= 11 is 0. The first kappa shape index (κ1) is 13.0. The molecule has 0 atom stereocenters. The molecule has 1 aromatic rings. The lowest BCUT2D eigenvalue weighted by Gasteiger charge is -2.11. The number of carbonyl (C=O) groups excluding carboxylic acids is 1. The van der Waals surface area contributed by atoms with Gasteiger partial charge in [-0.2, -0.15) is 5.26 Å². The topological polar surface area (TPSA) is 59.3 Å². The lowest BCUT2D eigenvalue weighted by atomic mass is 9.99. The molecule has 17 heavy (non-hydrogen) atoms. The number of rotatable bonds is 4. The van der Waals surface area contributed by atoms with Crippen molar-refractivity contribution >= 4 is 5.97 Å². The van der Waals surface area contributed by atoms with Crippen molar-refractivity contribution in [1.82, 2.24) is 0 Å². The Morgan fingerprint density at radius 3 is 2.59 bits per heavy atom. The molecule has 0 saturated carbocycles. The first-order valence-electron chi connectivity index (χ1n) is 5.32. The van der Waals surface area contributed by atoms with Crippen molar-refractivity contribution in [2.75, 3.05) is 14.2 Å². The number of methoxy groups -OCH3 is 2. The number of nitriles is 1. The maximum Gasteiger partial charge on any atom is 0.310 e. The maximum absolute atomic E-state index is 11.3. The summed E-state index contributed by atoms with van der Waals surface area (Å²) in [6.45, 7) is 2.00. The van der Waals surface area contributed by atoms with E-state index in [0.717, 1.165) is 12.0 Å². The molecule has 0 aromatic heterocycles. The molecule has 0 amide bonds. The molecule has 0 aliphatic heterocycles. The molecule has 0 aliphatic rings. The second-order valence-electron chi connectivity index (χ2n) is 3.54. The molecule has 1 rings (SSSR count). The Morgan fingerprint density at radius 2 is 2.12 bits per heavy atom. The molecule has 0 heterocycles. The van der Waals surface area contributed by atoms with E-state index in [-0.39, 0.29) is 12.4 Å². The number of hydrogen-bond donors (Lipinski definition) is 0. The minimum Gasteiger partial charge on any atom is -0.496 e. The number of ether oxygens (including phenoxy) is 2. The Kier molecular flexibility index (Phi) is 4.53. The Bertz CT molecular complexity index is 460. The zero-order valence-corrected chi connectivity index (χ0v) is 10.2. The van der Waals surface area contributed by atoms with Crippen LogP contribution in [0, 0.1) is 11.3 Å². The van der Waals surface area contributed by atoms with E-state index in [1.54, 1.807) is 6.07 Å². The first-order valence-corrected chi connectivity index (χ1v) is 5.32. The lowest BCUT2D eigenvalue weighted by Crippen LogP contribution is -2.08. The minimum absolute atomic E-state index is 0.0482. The predicted molar refractivity (Wildman–Crippen MR) is 62.8 cm³/mol. The van der Waals surface area contributed by atoms with Gasteiger partial charge in [-0.05, 0) is 24.1 Å². The van der Waals surface area contributed by atoms with Gasteiger partial charge in [-0.3, -0.25) is 4.79 Å². The van der Waals surface area contributed by atoms with Crippen LogP contribution in [0.25, 0.3) is 0 Å². The Hall–Kier alpha value is -2.02. The van der Waals surface area contributed by atoms with Gasteiger partial charge in [0.15, 0.2) is 0 Å². The largest absolute Gasteiger partial charge is 0.496 e. The summed E-state index contributed by atoms with van der Waals surface area (Å²) in [5.74, 6) is 0.176. The molecule has 4 nitrogen and oxygen atoms in total. The number of nitrogens with zero attached hydrogens (tertiary/aromatic N) is 1. The molecule has 0 spiro atoms. The van der Waals surface area contributed by atoms with Gasteiger partial charge in [0.1, 0.15) is 5.75 Å². The van der Waals surface area contributed by atoms with E-state index in [0.29, 0.717) is 16.9 Å². The summed E-state index contributed by atoms with van der Waals surface area (Å²) in [6.07, 6.45) is 0.857. The fourth-order valence-corrected chi connectivity index (χ4v) is 1.59. The standard InChI is InChI=1S/C13H15NO3/c1-4-9-5-10(8-14)11(7-13(15)17-3)12(6-9)16-2/h5-6H,4,7H2,1-3H3. The summed E-state index contributed by atoms with van der Waals surface area (Å²) in [4.78, 5) is 11.3. The van der Waals surface area contributed by atoms with Crippen molar-refractivity contribution in [1.29, 1.82) is 5.26 Å². The second kappa shape index (κ2) is 5.90. The molecule has 0 N–H and O–H groups in total. The fraction of sp³-hybridized carbons (Fsp3) is 0.385. The van der Waals surface area contributed by atoms with Gasteiger partial charge >= 0.3 is 5.97 Å². The summed E-state index contributed by atoms with van der Waals surface area (Å²) in [7, 11) is 2.85. The van der Waals surface area contributed by atoms with Gasteiger partial charge in [0.25, 0.3) is 0 Å². The lowest BCUT2D eigenvalue weighted by molar-refractivity contribution is -0.139. The van der Waals surface area contributed by atoms with Crippen LogP contribution in [0.5, 0.6) is 5.75 Å². The highest BCUT2D eigenvalue weighted by atomic mass is 16.5. The molecular weight excluding hydrogens is 218 g/mol. The highest BCUT2D eigenvalue weighted by Gasteiger charge is 2.15. The summed E-state index contributed by atoms with van der Waals surface area (Å²) in [6, 6.07) is 5.71. The Balaban J connectivity index is 3.25. The van der Waals surface area contributed by atoms with Crippen molar-refractivity contribution < 1.29 is 14.3 Å². The van der Waals surface area contributed by atoms with E-state index >= 15 is 0 Å². The smallest absolute Gasteiger partial charge is 0.310 e.